The molecule has 6 heteroatoms. The van der Waals surface area contributed by atoms with Crippen LogP contribution < -0.4 is 0 Å². The van der Waals surface area contributed by atoms with E-state index < -0.39 is 6.10 Å². The Morgan fingerprint density at radius 2 is 0.582 bits per heavy atom. The summed E-state index contributed by atoms with van der Waals surface area (Å²) in [5, 5.41) is 0. The fourth-order valence-electron chi connectivity index (χ4n) is 7.63. The number of carbonyl (C=O) groups is 3. The van der Waals surface area contributed by atoms with Gasteiger partial charge in [-0.1, -0.05) is 215 Å². The molecule has 6 nitrogen and oxygen atoms in total. The van der Waals surface area contributed by atoms with Gasteiger partial charge in [-0.15, -0.1) is 0 Å². The zero-order chi connectivity index (χ0) is 48.6. The predicted octanol–water partition coefficient (Wildman–Crippen LogP) is 18.8. The first-order chi connectivity index (χ1) is 33.0. The fraction of sp³-hybridized carbons (Fsp3) is 0.721. The first-order valence-corrected chi connectivity index (χ1v) is 28.1. The second-order valence-electron chi connectivity index (χ2n) is 18.5. The molecule has 0 aromatic heterocycles. The number of rotatable bonds is 50. The van der Waals surface area contributed by atoms with Crippen LogP contribution in [0.25, 0.3) is 0 Å². The largest absolute Gasteiger partial charge is 0.462 e. The van der Waals surface area contributed by atoms with Gasteiger partial charge in [0, 0.05) is 19.3 Å². The van der Waals surface area contributed by atoms with E-state index in [0.717, 1.165) is 116 Å². The SMILES string of the molecule is CC/C=C\C/C=C\C/C=C\C/C=C\C/C=C\CCCCCC(=O)OCC(COC(=O)CCCCCCC/C=C\CCCCCCC)OC(=O)CCCCCCC/C=C\CCCCCCCCC. The summed E-state index contributed by atoms with van der Waals surface area (Å²) in [5.41, 5.74) is 0. The van der Waals surface area contributed by atoms with Crippen molar-refractivity contribution < 1.29 is 28.6 Å². The summed E-state index contributed by atoms with van der Waals surface area (Å²) in [5.74, 6) is -0.940. The minimum atomic E-state index is -0.798. The summed E-state index contributed by atoms with van der Waals surface area (Å²) in [6.45, 7) is 6.48. The molecule has 0 fully saturated rings. The molecule has 0 aromatic carbocycles. The van der Waals surface area contributed by atoms with Gasteiger partial charge in [0.05, 0.1) is 0 Å². The summed E-state index contributed by atoms with van der Waals surface area (Å²) < 4.78 is 16.8. The second kappa shape index (κ2) is 55.2. The molecule has 384 valence electrons. The van der Waals surface area contributed by atoms with Crippen molar-refractivity contribution in [2.45, 2.75) is 271 Å². The molecular formula is C61H104O6. The van der Waals surface area contributed by atoms with E-state index in [0.29, 0.717) is 19.3 Å². The number of hydrogen-bond acceptors (Lipinski definition) is 6. The molecule has 0 aromatic rings. The maximum Gasteiger partial charge on any atom is 0.306 e. The first kappa shape index (κ1) is 63.6. The molecule has 1 unspecified atom stereocenters. The summed E-state index contributed by atoms with van der Waals surface area (Å²) in [7, 11) is 0. The Bertz CT molecular complexity index is 1300. The minimum absolute atomic E-state index is 0.0947. The monoisotopic (exact) mass is 933 g/mol. The van der Waals surface area contributed by atoms with Crippen LogP contribution in [0.2, 0.25) is 0 Å². The van der Waals surface area contributed by atoms with Crippen LogP contribution >= 0.6 is 0 Å². The van der Waals surface area contributed by atoms with E-state index in [2.05, 4.69) is 106 Å². The normalized spacial score (nSPS) is 12.7. The highest BCUT2D eigenvalue weighted by Gasteiger charge is 2.19. The lowest BCUT2D eigenvalue weighted by molar-refractivity contribution is -0.167. The summed E-state index contributed by atoms with van der Waals surface area (Å²) in [4.78, 5) is 38.1. The fourth-order valence-corrected chi connectivity index (χ4v) is 7.63. The van der Waals surface area contributed by atoms with Gasteiger partial charge in [0.25, 0.3) is 0 Å². The molecule has 0 N–H and O–H groups in total. The maximum atomic E-state index is 12.8. The van der Waals surface area contributed by atoms with Crippen LogP contribution in [-0.2, 0) is 28.6 Å². The maximum absolute atomic E-state index is 12.8. The average Bonchev–Trinajstić information content (AvgIpc) is 3.33. The molecule has 0 saturated carbocycles. The van der Waals surface area contributed by atoms with E-state index in [1.807, 2.05) is 0 Å². The van der Waals surface area contributed by atoms with Gasteiger partial charge in [-0.25, -0.2) is 0 Å². The van der Waals surface area contributed by atoms with Crippen molar-refractivity contribution in [1.29, 1.82) is 0 Å². The van der Waals surface area contributed by atoms with Crippen molar-refractivity contribution in [3.05, 3.63) is 85.1 Å². The molecule has 0 radical (unpaired) electrons. The lowest BCUT2D eigenvalue weighted by Gasteiger charge is -2.18. The van der Waals surface area contributed by atoms with E-state index in [-0.39, 0.29) is 31.1 Å². The molecule has 0 bridgehead atoms. The third kappa shape index (κ3) is 53.4. The van der Waals surface area contributed by atoms with Crippen LogP contribution in [0.4, 0.5) is 0 Å². The van der Waals surface area contributed by atoms with Crippen LogP contribution in [-0.4, -0.2) is 37.2 Å². The Morgan fingerprint density at radius 3 is 0.940 bits per heavy atom. The number of unbranched alkanes of at least 4 members (excludes halogenated alkanes) is 25. The van der Waals surface area contributed by atoms with E-state index in [4.69, 9.17) is 14.2 Å². The van der Waals surface area contributed by atoms with Gasteiger partial charge in [-0.05, 0) is 116 Å². The van der Waals surface area contributed by atoms with Crippen LogP contribution in [0.3, 0.4) is 0 Å². The quantitative estimate of drug-likeness (QED) is 0.0262. The molecule has 0 heterocycles. The smallest absolute Gasteiger partial charge is 0.306 e. The van der Waals surface area contributed by atoms with Crippen molar-refractivity contribution in [3.63, 3.8) is 0 Å². The Labute approximate surface area is 414 Å². The van der Waals surface area contributed by atoms with Crippen molar-refractivity contribution in [2.24, 2.45) is 0 Å². The van der Waals surface area contributed by atoms with Gasteiger partial charge in [0.1, 0.15) is 13.2 Å². The third-order valence-corrected chi connectivity index (χ3v) is 11.9. The van der Waals surface area contributed by atoms with Gasteiger partial charge in [0.2, 0.25) is 0 Å². The summed E-state index contributed by atoms with van der Waals surface area (Å²) >= 11 is 0. The lowest BCUT2D eigenvalue weighted by Crippen LogP contribution is -2.30. The Balaban J connectivity index is 4.46. The van der Waals surface area contributed by atoms with Crippen molar-refractivity contribution >= 4 is 17.9 Å². The van der Waals surface area contributed by atoms with Crippen molar-refractivity contribution in [1.82, 2.24) is 0 Å². The van der Waals surface area contributed by atoms with E-state index in [9.17, 15) is 14.4 Å². The Hall–Kier alpha value is -3.41. The lowest BCUT2D eigenvalue weighted by atomic mass is 10.1. The van der Waals surface area contributed by atoms with Crippen LogP contribution in [0.1, 0.15) is 265 Å². The highest BCUT2D eigenvalue weighted by Crippen LogP contribution is 2.14. The van der Waals surface area contributed by atoms with Gasteiger partial charge in [0.15, 0.2) is 6.10 Å². The van der Waals surface area contributed by atoms with Crippen molar-refractivity contribution in [3.8, 4) is 0 Å². The number of allylic oxidation sites excluding steroid dienone is 14. The number of ether oxygens (including phenoxy) is 3. The molecular weight excluding hydrogens is 829 g/mol. The van der Waals surface area contributed by atoms with Crippen LogP contribution in [0.5, 0.6) is 0 Å². The van der Waals surface area contributed by atoms with Gasteiger partial charge >= 0.3 is 17.9 Å². The van der Waals surface area contributed by atoms with E-state index in [1.165, 1.54) is 109 Å². The average molecular weight is 933 g/mol. The molecule has 0 saturated heterocycles. The van der Waals surface area contributed by atoms with Crippen molar-refractivity contribution in [2.75, 3.05) is 13.2 Å². The predicted molar refractivity (Wildman–Crippen MR) is 288 cm³/mol. The molecule has 0 rings (SSSR count). The molecule has 0 aliphatic heterocycles. The minimum Gasteiger partial charge on any atom is -0.462 e. The molecule has 0 amide bonds. The molecule has 0 aliphatic carbocycles. The second-order valence-corrected chi connectivity index (χ2v) is 18.5. The molecule has 1 atom stereocenters. The number of carbonyl (C=O) groups excluding carboxylic acids is 3. The van der Waals surface area contributed by atoms with Crippen LogP contribution in [0, 0.1) is 0 Å². The third-order valence-electron chi connectivity index (χ3n) is 11.9. The topological polar surface area (TPSA) is 78.9 Å². The molecule has 0 spiro atoms. The van der Waals surface area contributed by atoms with E-state index >= 15 is 0 Å². The Morgan fingerprint density at radius 1 is 0.313 bits per heavy atom. The molecule has 67 heavy (non-hydrogen) atoms. The van der Waals surface area contributed by atoms with Crippen LogP contribution in [0.15, 0.2) is 85.1 Å². The summed E-state index contributed by atoms with van der Waals surface area (Å²) in [6, 6.07) is 0. The highest BCUT2D eigenvalue weighted by molar-refractivity contribution is 5.71. The zero-order valence-electron chi connectivity index (χ0n) is 43.9. The van der Waals surface area contributed by atoms with Gasteiger partial charge < -0.3 is 14.2 Å². The van der Waals surface area contributed by atoms with E-state index in [1.54, 1.807) is 0 Å². The number of hydrogen-bond donors (Lipinski definition) is 0. The summed E-state index contributed by atoms with van der Waals surface area (Å²) in [6.07, 6.45) is 71.4. The standard InChI is InChI=1S/C61H104O6/c1-4-7-10-13-16-19-22-25-28-30-31-32-34-36-39-42-45-48-51-54-60(63)66-57-58(56-65-59(62)53-50-47-44-41-38-35-27-24-21-18-15-12-9-6-3)67-61(64)55-52-49-46-43-40-37-33-29-26-23-20-17-14-11-8-5-2/h7,10,16,19,24-25,27-29,31-33,36,39,58H,4-6,8-9,11-15,17-18,20-23,26,30,34-35,37-38,40-57H2,1-3H3/b10-7-,19-16-,27-24-,28-25-,32-31-,33-29-,39-36-. The zero-order valence-corrected chi connectivity index (χ0v) is 43.9. The van der Waals surface area contributed by atoms with Gasteiger partial charge in [-0.2, -0.15) is 0 Å². The molecule has 0 aliphatic rings. The number of esters is 3. The van der Waals surface area contributed by atoms with Gasteiger partial charge in [-0.3, -0.25) is 14.4 Å². The highest BCUT2D eigenvalue weighted by atomic mass is 16.6. The first-order valence-electron chi connectivity index (χ1n) is 28.1. The Kier molecular flexibility index (Phi) is 52.4.